The molecule has 0 aliphatic carbocycles. The fraction of sp³-hybridized carbons (Fsp3) is 0.250. The number of amides is 2. The summed E-state index contributed by atoms with van der Waals surface area (Å²) in [6.45, 7) is 1.49. The maximum absolute atomic E-state index is 12.3. The van der Waals surface area contributed by atoms with Crippen molar-refractivity contribution in [1.82, 2.24) is 10.2 Å². The van der Waals surface area contributed by atoms with Gasteiger partial charge in [0, 0.05) is 43.8 Å². The standard InChI is InChI=1S/C20H19N3O6/c24-18-2-1-7-22(18)12-14-5-3-13(4-6-14)11-21-19(25)15-8-16(20(26)27)10-17(9-15)23(28)29/h3-6,8-10H,1-2,7,11-12H2,(H,21,25)(H,26,27). The quantitative estimate of drug-likeness (QED) is 0.545. The maximum Gasteiger partial charge on any atom is 0.335 e. The van der Waals surface area contributed by atoms with Gasteiger partial charge in [0.05, 0.1) is 10.5 Å². The summed E-state index contributed by atoms with van der Waals surface area (Å²) in [6.07, 6.45) is 1.47. The number of carbonyl (C=O) groups excluding carboxylic acids is 2. The number of hydrogen-bond acceptors (Lipinski definition) is 5. The van der Waals surface area contributed by atoms with Crippen LogP contribution >= 0.6 is 0 Å². The first-order valence-electron chi connectivity index (χ1n) is 9.00. The van der Waals surface area contributed by atoms with Crippen molar-refractivity contribution in [2.24, 2.45) is 0 Å². The Balaban J connectivity index is 1.63. The number of carbonyl (C=O) groups is 3. The molecule has 0 atom stereocenters. The Bertz CT molecular complexity index is 938. The third-order valence-corrected chi connectivity index (χ3v) is 4.66. The number of carboxylic acids is 1. The van der Waals surface area contributed by atoms with E-state index in [-0.39, 0.29) is 23.6 Å². The van der Waals surface area contributed by atoms with Gasteiger partial charge in [0.15, 0.2) is 0 Å². The van der Waals surface area contributed by atoms with E-state index in [0.29, 0.717) is 13.0 Å². The van der Waals surface area contributed by atoms with Gasteiger partial charge in [0.25, 0.3) is 11.6 Å². The minimum Gasteiger partial charge on any atom is -0.478 e. The summed E-state index contributed by atoms with van der Waals surface area (Å²) >= 11 is 0. The van der Waals surface area contributed by atoms with Crippen LogP contribution in [0, 0.1) is 10.1 Å². The van der Waals surface area contributed by atoms with E-state index in [1.165, 1.54) is 0 Å². The summed E-state index contributed by atoms with van der Waals surface area (Å²) in [5.74, 6) is -1.81. The van der Waals surface area contributed by atoms with Gasteiger partial charge in [-0.1, -0.05) is 24.3 Å². The van der Waals surface area contributed by atoms with Crippen LogP contribution in [0.2, 0.25) is 0 Å². The molecule has 2 amide bonds. The Labute approximate surface area is 166 Å². The number of likely N-dealkylation sites (tertiary alicyclic amines) is 1. The van der Waals surface area contributed by atoms with Crippen LogP contribution in [0.4, 0.5) is 5.69 Å². The molecule has 1 aliphatic heterocycles. The summed E-state index contributed by atoms with van der Waals surface area (Å²) in [5.41, 5.74) is 0.903. The minimum absolute atomic E-state index is 0.0965. The molecule has 9 heteroatoms. The molecule has 0 aromatic heterocycles. The lowest BCUT2D eigenvalue weighted by atomic mass is 10.1. The fourth-order valence-electron chi connectivity index (χ4n) is 3.11. The predicted molar refractivity (Wildman–Crippen MR) is 102 cm³/mol. The van der Waals surface area contributed by atoms with Gasteiger partial charge < -0.3 is 15.3 Å². The fourth-order valence-corrected chi connectivity index (χ4v) is 3.11. The largest absolute Gasteiger partial charge is 0.478 e. The first-order chi connectivity index (χ1) is 13.8. The second-order valence-corrected chi connectivity index (χ2v) is 6.75. The van der Waals surface area contributed by atoms with Gasteiger partial charge >= 0.3 is 5.97 Å². The number of rotatable bonds is 7. The minimum atomic E-state index is -1.35. The Morgan fingerprint density at radius 2 is 1.76 bits per heavy atom. The molecule has 1 heterocycles. The van der Waals surface area contributed by atoms with E-state index in [1.807, 2.05) is 24.3 Å². The molecule has 29 heavy (non-hydrogen) atoms. The highest BCUT2D eigenvalue weighted by Crippen LogP contribution is 2.18. The van der Waals surface area contributed by atoms with E-state index >= 15 is 0 Å². The van der Waals surface area contributed by atoms with Gasteiger partial charge in [-0.25, -0.2) is 4.79 Å². The Kier molecular flexibility index (Phi) is 5.87. The lowest BCUT2D eigenvalue weighted by Crippen LogP contribution is -2.24. The summed E-state index contributed by atoms with van der Waals surface area (Å²) in [6, 6.07) is 10.5. The molecule has 0 saturated carbocycles. The zero-order valence-corrected chi connectivity index (χ0v) is 15.5. The highest BCUT2D eigenvalue weighted by atomic mass is 16.6. The number of aromatic carboxylic acids is 1. The summed E-state index contributed by atoms with van der Waals surface area (Å²) in [7, 11) is 0. The van der Waals surface area contributed by atoms with Crippen LogP contribution in [0.25, 0.3) is 0 Å². The van der Waals surface area contributed by atoms with Crippen molar-refractivity contribution in [1.29, 1.82) is 0 Å². The van der Waals surface area contributed by atoms with E-state index in [1.54, 1.807) is 4.90 Å². The molecule has 0 unspecified atom stereocenters. The molecular formula is C20H19N3O6. The first-order valence-corrected chi connectivity index (χ1v) is 9.00. The van der Waals surface area contributed by atoms with E-state index < -0.39 is 22.5 Å². The third-order valence-electron chi connectivity index (χ3n) is 4.66. The Morgan fingerprint density at radius 3 is 2.34 bits per heavy atom. The SMILES string of the molecule is O=C(O)c1cc(C(=O)NCc2ccc(CN3CCCC3=O)cc2)cc([N+](=O)[O-])c1. The van der Waals surface area contributed by atoms with Gasteiger partial charge in [0.2, 0.25) is 5.91 Å². The van der Waals surface area contributed by atoms with Gasteiger partial charge in [-0.2, -0.15) is 0 Å². The molecule has 9 nitrogen and oxygen atoms in total. The van der Waals surface area contributed by atoms with E-state index in [0.717, 1.165) is 42.3 Å². The number of non-ortho nitro benzene ring substituents is 1. The second kappa shape index (κ2) is 8.51. The lowest BCUT2D eigenvalue weighted by Gasteiger charge is -2.15. The molecule has 150 valence electrons. The third kappa shape index (κ3) is 4.95. The summed E-state index contributed by atoms with van der Waals surface area (Å²) < 4.78 is 0. The Hall–Kier alpha value is -3.75. The van der Waals surface area contributed by atoms with Crippen molar-refractivity contribution in [3.8, 4) is 0 Å². The van der Waals surface area contributed by atoms with Crippen molar-refractivity contribution < 1.29 is 24.4 Å². The van der Waals surface area contributed by atoms with E-state index in [2.05, 4.69) is 5.32 Å². The van der Waals surface area contributed by atoms with Gasteiger partial charge in [-0.15, -0.1) is 0 Å². The van der Waals surface area contributed by atoms with Crippen molar-refractivity contribution in [3.05, 3.63) is 74.8 Å². The molecule has 1 saturated heterocycles. The molecule has 0 bridgehead atoms. The van der Waals surface area contributed by atoms with Gasteiger partial charge in [0.1, 0.15) is 0 Å². The normalized spacial score (nSPS) is 13.4. The monoisotopic (exact) mass is 397 g/mol. The van der Waals surface area contributed by atoms with Crippen molar-refractivity contribution in [3.63, 3.8) is 0 Å². The lowest BCUT2D eigenvalue weighted by molar-refractivity contribution is -0.384. The number of nitro groups is 1. The highest BCUT2D eigenvalue weighted by Gasteiger charge is 2.20. The van der Waals surface area contributed by atoms with Crippen LogP contribution in [0.3, 0.4) is 0 Å². The van der Waals surface area contributed by atoms with Gasteiger partial charge in [-0.05, 0) is 23.6 Å². The van der Waals surface area contributed by atoms with Crippen LogP contribution in [-0.2, 0) is 17.9 Å². The molecular weight excluding hydrogens is 378 g/mol. The number of nitrogens with zero attached hydrogens (tertiary/aromatic N) is 2. The zero-order valence-electron chi connectivity index (χ0n) is 15.5. The van der Waals surface area contributed by atoms with Crippen molar-refractivity contribution >= 4 is 23.5 Å². The van der Waals surface area contributed by atoms with E-state index in [9.17, 15) is 24.5 Å². The number of hydrogen-bond donors (Lipinski definition) is 2. The average Bonchev–Trinajstić information content (AvgIpc) is 3.11. The second-order valence-electron chi connectivity index (χ2n) is 6.75. The average molecular weight is 397 g/mol. The molecule has 3 rings (SSSR count). The molecule has 0 radical (unpaired) electrons. The molecule has 1 aliphatic rings. The summed E-state index contributed by atoms with van der Waals surface area (Å²) in [5, 5.41) is 22.7. The van der Waals surface area contributed by atoms with Crippen LogP contribution in [0.5, 0.6) is 0 Å². The van der Waals surface area contributed by atoms with Crippen molar-refractivity contribution in [2.75, 3.05) is 6.54 Å². The molecule has 2 N–H and O–H groups in total. The molecule has 0 spiro atoms. The summed E-state index contributed by atoms with van der Waals surface area (Å²) in [4.78, 5) is 47.2. The van der Waals surface area contributed by atoms with Crippen LogP contribution in [0.1, 0.15) is 44.7 Å². The zero-order chi connectivity index (χ0) is 21.0. The number of benzene rings is 2. The van der Waals surface area contributed by atoms with E-state index in [4.69, 9.17) is 5.11 Å². The van der Waals surface area contributed by atoms with Gasteiger partial charge in [-0.3, -0.25) is 19.7 Å². The molecule has 2 aromatic rings. The highest BCUT2D eigenvalue weighted by molar-refractivity contribution is 5.98. The van der Waals surface area contributed by atoms with Crippen LogP contribution < -0.4 is 5.32 Å². The Morgan fingerprint density at radius 1 is 1.10 bits per heavy atom. The smallest absolute Gasteiger partial charge is 0.335 e. The van der Waals surface area contributed by atoms with Crippen molar-refractivity contribution in [2.45, 2.75) is 25.9 Å². The molecule has 1 fully saturated rings. The molecule has 2 aromatic carbocycles. The number of carboxylic acid groups (broad SMARTS) is 1. The number of nitro benzene ring substituents is 1. The number of nitrogens with one attached hydrogen (secondary N) is 1. The van der Waals surface area contributed by atoms with Crippen LogP contribution in [0.15, 0.2) is 42.5 Å². The topological polar surface area (TPSA) is 130 Å². The predicted octanol–water partition coefficient (Wildman–Crippen LogP) is 2.35. The van der Waals surface area contributed by atoms with Crippen LogP contribution in [-0.4, -0.2) is 39.3 Å². The first kappa shape index (κ1) is 20.0. The maximum atomic E-state index is 12.3.